The third-order valence-corrected chi connectivity index (χ3v) is 4.38. The second-order valence-corrected chi connectivity index (χ2v) is 6.87. The van der Waals surface area contributed by atoms with Gasteiger partial charge in [0.15, 0.2) is 0 Å². The Morgan fingerprint density at radius 1 is 1.19 bits per heavy atom. The number of ether oxygens (including phenoxy) is 1. The number of carbonyl (C=O) groups is 2. The Morgan fingerprint density at radius 2 is 1.88 bits per heavy atom. The Kier molecular flexibility index (Phi) is 6.56. The Balaban J connectivity index is 2.43. The highest BCUT2D eigenvalue weighted by Crippen LogP contribution is 2.32. The molecule has 2 amide bonds. The van der Waals surface area contributed by atoms with Gasteiger partial charge in [0.05, 0.1) is 31.4 Å². The van der Waals surface area contributed by atoms with Crippen LogP contribution in [-0.2, 0) is 14.3 Å². The summed E-state index contributed by atoms with van der Waals surface area (Å²) in [6.07, 6.45) is 0.0334. The molecule has 142 valence electrons. The second kappa shape index (κ2) is 8.47. The summed E-state index contributed by atoms with van der Waals surface area (Å²) in [4.78, 5) is 28.9. The van der Waals surface area contributed by atoms with Gasteiger partial charge in [-0.05, 0) is 38.8 Å². The number of amides is 2. The molecule has 1 aliphatic rings. The van der Waals surface area contributed by atoms with Crippen LogP contribution < -0.4 is 0 Å². The molecule has 0 radical (unpaired) electrons. The van der Waals surface area contributed by atoms with Crippen molar-refractivity contribution in [1.29, 1.82) is 0 Å². The van der Waals surface area contributed by atoms with Gasteiger partial charge in [0.25, 0.3) is 11.8 Å². The Bertz CT molecular complexity index is 725. The molecule has 0 unspecified atom stereocenters. The molecule has 0 fully saturated rings. The van der Waals surface area contributed by atoms with Gasteiger partial charge >= 0.3 is 0 Å². The summed E-state index contributed by atoms with van der Waals surface area (Å²) in [6.45, 7) is 8.42. The van der Waals surface area contributed by atoms with Gasteiger partial charge in [-0.1, -0.05) is 23.8 Å². The molecule has 6 nitrogen and oxygen atoms in total. The summed E-state index contributed by atoms with van der Waals surface area (Å²) < 4.78 is 5.51. The van der Waals surface area contributed by atoms with Crippen molar-refractivity contribution in [3.05, 3.63) is 40.6 Å². The van der Waals surface area contributed by atoms with Crippen molar-refractivity contribution in [3.63, 3.8) is 0 Å². The summed E-state index contributed by atoms with van der Waals surface area (Å²) in [5.41, 5.74) is 3.52. The maximum Gasteiger partial charge on any atom is 0.277 e. The maximum atomic E-state index is 13.1. The van der Waals surface area contributed by atoms with E-state index in [0.717, 1.165) is 16.7 Å². The molecule has 1 aromatic carbocycles. The fourth-order valence-electron chi connectivity index (χ4n) is 3.10. The van der Waals surface area contributed by atoms with E-state index in [1.54, 1.807) is 11.9 Å². The normalized spacial score (nSPS) is 14.8. The quantitative estimate of drug-likeness (QED) is 0.715. The van der Waals surface area contributed by atoms with E-state index < -0.39 is 0 Å². The van der Waals surface area contributed by atoms with Crippen LogP contribution in [-0.4, -0.2) is 66.2 Å². The van der Waals surface area contributed by atoms with Crippen molar-refractivity contribution in [1.82, 2.24) is 9.80 Å². The Morgan fingerprint density at radius 3 is 2.46 bits per heavy atom. The predicted molar refractivity (Wildman–Crippen MR) is 100 cm³/mol. The number of hydrogen-bond acceptors (Lipinski definition) is 5. The van der Waals surface area contributed by atoms with Gasteiger partial charge in [0.1, 0.15) is 5.70 Å². The Labute approximate surface area is 155 Å². The molecule has 1 heterocycles. The van der Waals surface area contributed by atoms with Gasteiger partial charge < -0.3 is 14.7 Å². The van der Waals surface area contributed by atoms with E-state index in [1.807, 2.05) is 45.9 Å². The van der Waals surface area contributed by atoms with Gasteiger partial charge in [-0.15, -0.1) is 0 Å². The molecule has 0 saturated heterocycles. The van der Waals surface area contributed by atoms with Crippen LogP contribution in [0.5, 0.6) is 0 Å². The number of imide groups is 1. The molecule has 1 N–H and O–H groups in total. The zero-order chi connectivity index (χ0) is 19.4. The highest BCUT2D eigenvalue weighted by atomic mass is 16.5. The van der Waals surface area contributed by atoms with Crippen molar-refractivity contribution in [2.45, 2.75) is 33.8 Å². The SMILES string of the molecule is Cc1ccc(C2=C(N(C)CCO)C(=O)N(CCOC(C)C)C2=O)c(C)c1. The number of hydrogen-bond donors (Lipinski definition) is 1. The van der Waals surface area contributed by atoms with Crippen LogP contribution in [0.25, 0.3) is 5.57 Å². The summed E-state index contributed by atoms with van der Waals surface area (Å²) >= 11 is 0. The summed E-state index contributed by atoms with van der Waals surface area (Å²) in [5.74, 6) is -0.651. The first kappa shape index (κ1) is 20.1. The van der Waals surface area contributed by atoms with Gasteiger partial charge in [-0.3, -0.25) is 14.5 Å². The number of carbonyl (C=O) groups excluding carboxylic acids is 2. The molecule has 6 heteroatoms. The predicted octanol–water partition coefficient (Wildman–Crippen LogP) is 1.73. The number of aliphatic hydroxyl groups is 1. The molecule has 1 aliphatic heterocycles. The molecular formula is C20H28N2O4. The van der Waals surface area contributed by atoms with Crippen LogP contribution >= 0.6 is 0 Å². The molecule has 0 saturated carbocycles. The zero-order valence-electron chi connectivity index (χ0n) is 16.2. The standard InChI is InChI=1S/C20H28N2O4/c1-13(2)26-11-9-22-19(24)17(16-7-6-14(3)12-15(16)4)18(20(22)25)21(5)8-10-23/h6-7,12-13,23H,8-11H2,1-5H3. The van der Waals surface area contributed by atoms with E-state index in [1.165, 1.54) is 4.90 Å². The zero-order valence-corrected chi connectivity index (χ0v) is 16.2. The van der Waals surface area contributed by atoms with Crippen molar-refractivity contribution < 1.29 is 19.4 Å². The average Bonchev–Trinajstić information content (AvgIpc) is 2.79. The highest BCUT2D eigenvalue weighted by Gasteiger charge is 2.40. The first-order chi connectivity index (χ1) is 12.3. The summed E-state index contributed by atoms with van der Waals surface area (Å²) in [6, 6.07) is 5.81. The van der Waals surface area contributed by atoms with Crippen LogP contribution in [0.2, 0.25) is 0 Å². The summed E-state index contributed by atoms with van der Waals surface area (Å²) in [7, 11) is 1.72. The van der Waals surface area contributed by atoms with E-state index >= 15 is 0 Å². The first-order valence-corrected chi connectivity index (χ1v) is 8.89. The molecule has 0 spiro atoms. The number of benzene rings is 1. The van der Waals surface area contributed by atoms with Gasteiger partial charge in [-0.25, -0.2) is 0 Å². The lowest BCUT2D eigenvalue weighted by molar-refractivity contribution is -0.138. The van der Waals surface area contributed by atoms with Crippen LogP contribution in [0.1, 0.15) is 30.5 Å². The highest BCUT2D eigenvalue weighted by molar-refractivity contribution is 6.35. The van der Waals surface area contributed by atoms with Gasteiger partial charge in [0.2, 0.25) is 0 Å². The average molecular weight is 360 g/mol. The van der Waals surface area contributed by atoms with Crippen LogP contribution in [0.3, 0.4) is 0 Å². The van der Waals surface area contributed by atoms with E-state index in [9.17, 15) is 14.7 Å². The molecule has 0 aliphatic carbocycles. The number of rotatable bonds is 8. The molecule has 0 aromatic heterocycles. The van der Waals surface area contributed by atoms with Gasteiger partial charge in [0, 0.05) is 13.6 Å². The third-order valence-electron chi connectivity index (χ3n) is 4.38. The third kappa shape index (κ3) is 4.14. The second-order valence-electron chi connectivity index (χ2n) is 6.87. The molecule has 1 aromatic rings. The topological polar surface area (TPSA) is 70.1 Å². The smallest absolute Gasteiger partial charge is 0.277 e. The van der Waals surface area contributed by atoms with Crippen LogP contribution in [0, 0.1) is 13.8 Å². The molecular weight excluding hydrogens is 332 g/mol. The molecule has 2 rings (SSSR count). The summed E-state index contributed by atoms with van der Waals surface area (Å²) in [5, 5.41) is 9.27. The van der Waals surface area contributed by atoms with E-state index in [0.29, 0.717) is 17.9 Å². The lowest BCUT2D eigenvalue weighted by Gasteiger charge is -2.20. The number of aliphatic hydroxyl groups excluding tert-OH is 1. The van der Waals surface area contributed by atoms with E-state index in [-0.39, 0.29) is 37.6 Å². The van der Waals surface area contributed by atoms with Crippen LogP contribution in [0.15, 0.2) is 23.9 Å². The van der Waals surface area contributed by atoms with Crippen molar-refractivity contribution in [3.8, 4) is 0 Å². The van der Waals surface area contributed by atoms with Gasteiger partial charge in [-0.2, -0.15) is 0 Å². The van der Waals surface area contributed by atoms with Crippen molar-refractivity contribution in [2.24, 2.45) is 0 Å². The fraction of sp³-hybridized carbons (Fsp3) is 0.500. The van der Waals surface area contributed by atoms with E-state index in [2.05, 4.69) is 0 Å². The Hall–Kier alpha value is -2.18. The largest absolute Gasteiger partial charge is 0.395 e. The molecule has 26 heavy (non-hydrogen) atoms. The minimum atomic E-state index is -0.340. The van der Waals surface area contributed by atoms with Crippen molar-refractivity contribution >= 4 is 17.4 Å². The lowest BCUT2D eigenvalue weighted by atomic mass is 9.97. The van der Waals surface area contributed by atoms with E-state index in [4.69, 9.17) is 4.74 Å². The first-order valence-electron chi connectivity index (χ1n) is 8.89. The minimum absolute atomic E-state index is 0.0334. The molecule has 0 atom stereocenters. The monoisotopic (exact) mass is 360 g/mol. The maximum absolute atomic E-state index is 13.1. The number of aryl methyl sites for hydroxylation is 2. The molecule has 0 bridgehead atoms. The van der Waals surface area contributed by atoms with Crippen molar-refractivity contribution in [2.75, 3.05) is 33.4 Å². The van der Waals surface area contributed by atoms with Crippen LogP contribution in [0.4, 0.5) is 0 Å². The minimum Gasteiger partial charge on any atom is -0.395 e. The fourth-order valence-corrected chi connectivity index (χ4v) is 3.10. The number of likely N-dealkylation sites (N-methyl/N-ethyl adjacent to an activating group) is 1. The lowest BCUT2D eigenvalue weighted by Crippen LogP contribution is -2.37. The number of nitrogens with zero attached hydrogens (tertiary/aromatic N) is 2.